The number of rotatable bonds is 6. The van der Waals surface area contributed by atoms with Crippen molar-refractivity contribution in [3.05, 3.63) is 18.2 Å². The predicted octanol–water partition coefficient (Wildman–Crippen LogP) is -0.164. The van der Waals surface area contributed by atoms with E-state index in [4.69, 9.17) is 0 Å². The maximum Gasteiger partial charge on any atom is 0.237 e. The van der Waals surface area contributed by atoms with Crippen LogP contribution in [0.15, 0.2) is 12.4 Å². The van der Waals surface area contributed by atoms with Gasteiger partial charge in [-0.2, -0.15) is 0 Å². The zero-order chi connectivity index (χ0) is 17.2. The van der Waals surface area contributed by atoms with Gasteiger partial charge in [-0.3, -0.25) is 9.69 Å². The maximum absolute atomic E-state index is 13.8. The molecule has 0 radical (unpaired) electrons. The molecule has 1 aromatic heterocycles. The van der Waals surface area contributed by atoms with Crippen LogP contribution in [0.3, 0.4) is 0 Å². The van der Waals surface area contributed by atoms with Gasteiger partial charge in [0.05, 0.1) is 6.54 Å². The Morgan fingerprint density at radius 2 is 2.22 bits per heavy atom. The van der Waals surface area contributed by atoms with Crippen LogP contribution in [0.2, 0.25) is 0 Å². The maximum atomic E-state index is 13.8. The zero-order valence-corrected chi connectivity index (χ0v) is 14.5. The average molecular weight is 346 g/mol. The molecule has 7 nitrogen and oxygen atoms in total. The lowest BCUT2D eigenvalue weighted by Gasteiger charge is -2.28. The number of aryl methyl sites for hydroxylation is 1. The van der Waals surface area contributed by atoms with E-state index < -0.39 is 27.7 Å². The van der Waals surface area contributed by atoms with Gasteiger partial charge in [0.1, 0.15) is 17.7 Å². The first kappa shape index (κ1) is 17.9. The van der Waals surface area contributed by atoms with Crippen LogP contribution >= 0.6 is 0 Å². The van der Waals surface area contributed by atoms with Crippen molar-refractivity contribution in [1.82, 2.24) is 19.4 Å². The molecule has 0 N–H and O–H groups in total. The van der Waals surface area contributed by atoms with Crippen LogP contribution < -0.4 is 0 Å². The number of nitrogens with zero attached hydrogens (tertiary/aromatic N) is 4. The lowest BCUT2D eigenvalue weighted by molar-refractivity contribution is -0.127. The van der Waals surface area contributed by atoms with Crippen LogP contribution in [-0.2, 0) is 28.2 Å². The van der Waals surface area contributed by atoms with Crippen molar-refractivity contribution in [2.24, 2.45) is 7.05 Å². The van der Waals surface area contributed by atoms with Crippen LogP contribution in [0.1, 0.15) is 12.2 Å². The number of likely N-dealkylation sites (tertiary alicyclic amines) is 1. The molecule has 0 saturated carbocycles. The third kappa shape index (κ3) is 5.00. The molecule has 1 aliphatic heterocycles. The fourth-order valence-corrected chi connectivity index (χ4v) is 3.46. The zero-order valence-electron chi connectivity index (χ0n) is 13.6. The second-order valence-corrected chi connectivity index (χ2v) is 8.36. The SMILES string of the molecule is CN(C[C@@H]1C[C@H](F)CN1Cc1nccn1C)C(=O)CS(C)(=O)=O. The molecule has 1 fully saturated rings. The fourth-order valence-electron chi connectivity index (χ4n) is 2.79. The average Bonchev–Trinajstić information content (AvgIpc) is 2.95. The predicted molar refractivity (Wildman–Crippen MR) is 84.3 cm³/mol. The van der Waals surface area contributed by atoms with Gasteiger partial charge >= 0.3 is 0 Å². The molecule has 23 heavy (non-hydrogen) atoms. The molecule has 0 unspecified atom stereocenters. The molecule has 130 valence electrons. The van der Waals surface area contributed by atoms with Gasteiger partial charge in [-0.25, -0.2) is 17.8 Å². The third-order valence-electron chi connectivity index (χ3n) is 4.04. The van der Waals surface area contributed by atoms with E-state index in [1.54, 1.807) is 13.2 Å². The molecule has 0 spiro atoms. The summed E-state index contributed by atoms with van der Waals surface area (Å²) in [6.07, 6.45) is 3.93. The summed E-state index contributed by atoms with van der Waals surface area (Å²) in [6.45, 7) is 1.10. The molecular formula is C14H23FN4O3S. The summed E-state index contributed by atoms with van der Waals surface area (Å²) < 4.78 is 38.1. The molecule has 1 saturated heterocycles. The minimum absolute atomic E-state index is 0.143. The highest BCUT2D eigenvalue weighted by Crippen LogP contribution is 2.23. The van der Waals surface area contributed by atoms with Crippen molar-refractivity contribution >= 4 is 15.7 Å². The minimum atomic E-state index is -3.37. The van der Waals surface area contributed by atoms with Crippen molar-refractivity contribution in [2.75, 3.05) is 32.1 Å². The third-order valence-corrected chi connectivity index (χ3v) is 4.81. The van der Waals surface area contributed by atoms with Crippen LogP contribution in [-0.4, -0.2) is 78.0 Å². The van der Waals surface area contributed by atoms with Gasteiger partial charge in [0.15, 0.2) is 9.84 Å². The van der Waals surface area contributed by atoms with Gasteiger partial charge in [-0.05, 0) is 6.42 Å². The van der Waals surface area contributed by atoms with Crippen molar-refractivity contribution in [2.45, 2.75) is 25.2 Å². The molecule has 0 bridgehead atoms. The normalized spacial score (nSPS) is 22.4. The molecule has 1 amide bonds. The van der Waals surface area contributed by atoms with Crippen LogP contribution in [0, 0.1) is 0 Å². The number of alkyl halides is 1. The quantitative estimate of drug-likeness (QED) is 0.715. The van der Waals surface area contributed by atoms with E-state index in [-0.39, 0.29) is 6.04 Å². The fraction of sp³-hybridized carbons (Fsp3) is 0.714. The van der Waals surface area contributed by atoms with Crippen LogP contribution in [0.5, 0.6) is 0 Å². The molecule has 2 rings (SSSR count). The first-order valence-electron chi connectivity index (χ1n) is 7.41. The summed E-state index contributed by atoms with van der Waals surface area (Å²) in [5, 5.41) is 0. The number of carbonyl (C=O) groups is 1. The van der Waals surface area contributed by atoms with Crippen LogP contribution in [0.4, 0.5) is 4.39 Å². The molecule has 0 aliphatic carbocycles. The minimum Gasteiger partial charge on any atom is -0.343 e. The van der Waals surface area contributed by atoms with Gasteiger partial charge in [0.2, 0.25) is 5.91 Å². The Labute approximate surface area is 136 Å². The molecule has 2 atom stereocenters. The highest BCUT2D eigenvalue weighted by atomic mass is 32.2. The topological polar surface area (TPSA) is 75.5 Å². The summed E-state index contributed by atoms with van der Waals surface area (Å²) >= 11 is 0. The second kappa shape index (κ2) is 6.96. The smallest absolute Gasteiger partial charge is 0.237 e. The summed E-state index contributed by atoms with van der Waals surface area (Å²) in [5.41, 5.74) is 0. The monoisotopic (exact) mass is 346 g/mol. The van der Waals surface area contributed by atoms with Gasteiger partial charge in [0, 0.05) is 51.9 Å². The number of likely N-dealkylation sites (N-methyl/N-ethyl adjacent to an activating group) is 1. The molecule has 0 aromatic carbocycles. The Morgan fingerprint density at radius 3 is 2.78 bits per heavy atom. The van der Waals surface area contributed by atoms with Gasteiger partial charge < -0.3 is 9.47 Å². The van der Waals surface area contributed by atoms with Gasteiger partial charge in [-0.1, -0.05) is 0 Å². The van der Waals surface area contributed by atoms with E-state index >= 15 is 0 Å². The highest BCUT2D eigenvalue weighted by molar-refractivity contribution is 7.91. The van der Waals surface area contributed by atoms with Gasteiger partial charge in [-0.15, -0.1) is 0 Å². The van der Waals surface area contributed by atoms with E-state index in [1.165, 1.54) is 4.90 Å². The summed E-state index contributed by atoms with van der Waals surface area (Å²) in [6, 6.07) is -0.143. The number of imidazole rings is 1. The van der Waals surface area contributed by atoms with E-state index in [0.717, 1.165) is 12.1 Å². The van der Waals surface area contributed by atoms with Gasteiger partial charge in [0.25, 0.3) is 0 Å². The summed E-state index contributed by atoms with van der Waals surface area (Å²) in [5.74, 6) is -0.157. The summed E-state index contributed by atoms with van der Waals surface area (Å²) in [7, 11) is 0.0655. The number of amides is 1. The van der Waals surface area contributed by atoms with Crippen molar-refractivity contribution in [1.29, 1.82) is 0 Å². The first-order chi connectivity index (χ1) is 10.7. The van der Waals surface area contributed by atoms with Crippen molar-refractivity contribution < 1.29 is 17.6 Å². The molecular weight excluding hydrogens is 323 g/mol. The number of aromatic nitrogens is 2. The van der Waals surface area contributed by atoms with E-state index in [9.17, 15) is 17.6 Å². The second-order valence-electron chi connectivity index (χ2n) is 6.21. The molecule has 9 heteroatoms. The first-order valence-corrected chi connectivity index (χ1v) is 9.48. The molecule has 2 heterocycles. The Balaban J connectivity index is 1.99. The van der Waals surface area contributed by atoms with E-state index in [1.807, 2.05) is 22.7 Å². The van der Waals surface area contributed by atoms with Crippen LogP contribution in [0.25, 0.3) is 0 Å². The molecule has 1 aliphatic rings. The standard InChI is InChI=1S/C14H23FN4O3S/c1-17-5-4-16-13(17)9-19-7-11(15)6-12(19)8-18(2)14(20)10-23(3,21)22/h4-5,11-12H,6-10H2,1-3H3/t11-,12-/m0/s1. The number of hydrogen-bond acceptors (Lipinski definition) is 5. The van der Waals surface area contributed by atoms with E-state index in [0.29, 0.717) is 26.1 Å². The lowest BCUT2D eigenvalue weighted by Crippen LogP contribution is -2.42. The number of sulfone groups is 1. The number of halogens is 1. The largest absolute Gasteiger partial charge is 0.343 e. The molecule has 1 aromatic rings. The Kier molecular flexibility index (Phi) is 5.41. The Morgan fingerprint density at radius 1 is 1.52 bits per heavy atom. The highest BCUT2D eigenvalue weighted by Gasteiger charge is 2.34. The van der Waals surface area contributed by atoms with E-state index in [2.05, 4.69) is 4.98 Å². The summed E-state index contributed by atoms with van der Waals surface area (Å²) in [4.78, 5) is 19.5. The number of hydrogen-bond donors (Lipinski definition) is 0. The Bertz CT molecular complexity index is 661. The number of carbonyl (C=O) groups excluding carboxylic acids is 1. The van der Waals surface area contributed by atoms with Crippen molar-refractivity contribution in [3.8, 4) is 0 Å². The lowest BCUT2D eigenvalue weighted by atomic mass is 10.2. The van der Waals surface area contributed by atoms with Crippen molar-refractivity contribution in [3.63, 3.8) is 0 Å². The Hall–Kier alpha value is -1.48.